The van der Waals surface area contributed by atoms with Gasteiger partial charge in [-0.05, 0) is 78.5 Å². The first-order valence-electron chi connectivity index (χ1n) is 16.4. The van der Waals surface area contributed by atoms with Gasteiger partial charge in [0.05, 0.1) is 17.0 Å². The second-order valence-electron chi connectivity index (χ2n) is 12.5. The second kappa shape index (κ2) is 14.7. The van der Waals surface area contributed by atoms with Crippen molar-refractivity contribution in [3.8, 4) is 0 Å². The number of aromatic carboxylic acids is 1. The van der Waals surface area contributed by atoms with Crippen molar-refractivity contribution in [2.75, 3.05) is 19.6 Å². The molecule has 0 saturated heterocycles. The number of aryl methyl sites for hydroxylation is 2. The lowest BCUT2D eigenvalue weighted by Crippen LogP contribution is -2.37. The number of carboxylic acids is 1. The zero-order valence-electron chi connectivity index (χ0n) is 26.3. The lowest BCUT2D eigenvalue weighted by atomic mass is 9.88. The van der Waals surface area contributed by atoms with Crippen LogP contribution in [-0.4, -0.2) is 40.5 Å². The van der Waals surface area contributed by atoms with Crippen LogP contribution in [0.4, 0.5) is 0 Å². The number of hydrogen-bond acceptors (Lipinski definition) is 4. The largest absolute Gasteiger partial charge is 0.478 e. The summed E-state index contributed by atoms with van der Waals surface area (Å²) in [7, 11) is 0. The highest BCUT2D eigenvalue weighted by Gasteiger charge is 2.34. The summed E-state index contributed by atoms with van der Waals surface area (Å²) in [5, 5.41) is 13.5. The average molecular weight is 580 g/mol. The predicted octanol–water partition coefficient (Wildman–Crippen LogP) is 8.41. The van der Waals surface area contributed by atoms with Crippen LogP contribution in [0.25, 0.3) is 5.70 Å². The van der Waals surface area contributed by atoms with Gasteiger partial charge in [0, 0.05) is 26.2 Å². The molecular formula is C38H49N3O2. The van der Waals surface area contributed by atoms with E-state index in [0.29, 0.717) is 11.5 Å². The molecule has 1 fully saturated rings. The van der Waals surface area contributed by atoms with Crippen LogP contribution >= 0.6 is 0 Å². The Morgan fingerprint density at radius 1 is 0.907 bits per heavy atom. The van der Waals surface area contributed by atoms with Gasteiger partial charge in [0.1, 0.15) is 6.17 Å². The van der Waals surface area contributed by atoms with E-state index in [1.807, 2.05) is 12.1 Å². The number of hydrogen-bond donors (Lipinski definition) is 2. The van der Waals surface area contributed by atoms with E-state index in [0.717, 1.165) is 51.0 Å². The van der Waals surface area contributed by atoms with Crippen molar-refractivity contribution < 1.29 is 9.90 Å². The van der Waals surface area contributed by atoms with Crippen LogP contribution in [0.5, 0.6) is 0 Å². The number of nitrogens with one attached hydrogen (secondary N) is 1. The smallest absolute Gasteiger partial charge is 0.335 e. The Kier molecular flexibility index (Phi) is 10.6. The van der Waals surface area contributed by atoms with Crippen LogP contribution in [0.1, 0.15) is 103 Å². The van der Waals surface area contributed by atoms with E-state index in [2.05, 4.69) is 84.4 Å². The van der Waals surface area contributed by atoms with E-state index in [9.17, 15) is 9.90 Å². The monoisotopic (exact) mass is 579 g/mol. The fourth-order valence-electron chi connectivity index (χ4n) is 6.80. The van der Waals surface area contributed by atoms with Crippen molar-refractivity contribution >= 4 is 11.7 Å². The molecule has 1 atom stereocenters. The summed E-state index contributed by atoms with van der Waals surface area (Å²) in [6, 6.07) is 25.4. The zero-order valence-corrected chi connectivity index (χ0v) is 26.3. The Bertz CT molecular complexity index is 1370. The topological polar surface area (TPSA) is 55.8 Å². The molecular weight excluding hydrogens is 530 g/mol. The highest BCUT2D eigenvalue weighted by molar-refractivity contribution is 5.87. The molecule has 5 nitrogen and oxygen atoms in total. The highest BCUT2D eigenvalue weighted by atomic mass is 16.4. The molecule has 1 heterocycles. The van der Waals surface area contributed by atoms with Gasteiger partial charge in [-0.25, -0.2) is 4.79 Å². The van der Waals surface area contributed by atoms with Gasteiger partial charge in [-0.1, -0.05) is 100 Å². The molecule has 1 saturated carbocycles. The lowest BCUT2D eigenvalue weighted by Gasteiger charge is -2.35. The van der Waals surface area contributed by atoms with Gasteiger partial charge in [0.15, 0.2) is 0 Å². The molecule has 1 aliphatic heterocycles. The van der Waals surface area contributed by atoms with Crippen molar-refractivity contribution in [2.24, 2.45) is 5.92 Å². The Balaban J connectivity index is 1.53. The number of unbranched alkanes of at least 4 members (excludes halogenated alkanes) is 1. The molecule has 0 aromatic heterocycles. The number of rotatable bonds is 13. The van der Waals surface area contributed by atoms with E-state index >= 15 is 0 Å². The first-order chi connectivity index (χ1) is 21.0. The van der Waals surface area contributed by atoms with E-state index in [1.54, 1.807) is 12.1 Å². The quantitative estimate of drug-likeness (QED) is 0.213. The molecule has 0 spiro atoms. The summed E-state index contributed by atoms with van der Waals surface area (Å²) >= 11 is 0. The standard InChI is InChI=1S/C38H49N3O2/c1-4-6-24-41-35(27-40(25-30-13-8-7-9-14-30)26-31-18-22-33(23-19-31)38(42)43)36(32-20-16-29(5-2)17-21-32)39-37(41)34-15-11-10-12-28(34)3/h10-12,15-23,30,37,39H,4-9,13-14,24-27H2,1-3H3,(H,42,43). The first-order valence-corrected chi connectivity index (χ1v) is 16.4. The average Bonchev–Trinajstić information content (AvgIpc) is 3.38. The van der Waals surface area contributed by atoms with Gasteiger partial charge < -0.3 is 15.3 Å². The minimum atomic E-state index is -0.875. The summed E-state index contributed by atoms with van der Waals surface area (Å²) in [5.74, 6) is -0.175. The van der Waals surface area contributed by atoms with E-state index in [-0.39, 0.29) is 6.17 Å². The van der Waals surface area contributed by atoms with Crippen LogP contribution in [0, 0.1) is 12.8 Å². The maximum atomic E-state index is 11.5. The zero-order chi connectivity index (χ0) is 30.2. The molecule has 2 aliphatic rings. The summed E-state index contributed by atoms with van der Waals surface area (Å²) in [4.78, 5) is 16.8. The fourth-order valence-corrected chi connectivity index (χ4v) is 6.80. The summed E-state index contributed by atoms with van der Waals surface area (Å²) in [5.41, 5.74) is 9.34. The maximum Gasteiger partial charge on any atom is 0.335 e. The van der Waals surface area contributed by atoms with E-state index < -0.39 is 5.97 Å². The van der Waals surface area contributed by atoms with Crippen LogP contribution in [-0.2, 0) is 13.0 Å². The lowest BCUT2D eigenvalue weighted by molar-refractivity contribution is 0.0697. The van der Waals surface area contributed by atoms with Crippen molar-refractivity contribution in [2.45, 2.75) is 84.8 Å². The molecule has 5 heteroatoms. The molecule has 228 valence electrons. The van der Waals surface area contributed by atoms with Crippen LogP contribution in [0.15, 0.2) is 78.5 Å². The normalized spacial score (nSPS) is 17.5. The van der Waals surface area contributed by atoms with Gasteiger partial charge >= 0.3 is 5.97 Å². The Labute approximate surface area is 258 Å². The van der Waals surface area contributed by atoms with E-state index in [4.69, 9.17) is 0 Å². The molecule has 5 rings (SSSR count). The van der Waals surface area contributed by atoms with Gasteiger partial charge in [0.2, 0.25) is 0 Å². The molecule has 0 bridgehead atoms. The molecule has 3 aromatic carbocycles. The summed E-state index contributed by atoms with van der Waals surface area (Å²) < 4.78 is 0. The molecule has 3 aromatic rings. The molecule has 0 amide bonds. The Morgan fingerprint density at radius 3 is 2.26 bits per heavy atom. The fraction of sp³-hybridized carbons (Fsp3) is 0.447. The van der Waals surface area contributed by atoms with Crippen molar-refractivity contribution in [1.82, 2.24) is 15.1 Å². The predicted molar refractivity (Wildman–Crippen MR) is 177 cm³/mol. The Hall–Kier alpha value is -3.57. The van der Waals surface area contributed by atoms with Crippen molar-refractivity contribution in [3.05, 3.63) is 112 Å². The third-order valence-corrected chi connectivity index (χ3v) is 9.34. The summed E-state index contributed by atoms with van der Waals surface area (Å²) in [6.07, 6.45) is 9.99. The number of nitrogens with zero attached hydrogens (tertiary/aromatic N) is 2. The third-order valence-electron chi connectivity index (χ3n) is 9.34. The van der Waals surface area contributed by atoms with Gasteiger partial charge in [0.25, 0.3) is 0 Å². The summed E-state index contributed by atoms with van der Waals surface area (Å²) in [6.45, 7) is 10.4. The first kappa shape index (κ1) is 30.9. The maximum absolute atomic E-state index is 11.5. The van der Waals surface area contributed by atoms with Gasteiger partial charge in [-0.3, -0.25) is 4.90 Å². The minimum absolute atomic E-state index is 0.0926. The molecule has 43 heavy (non-hydrogen) atoms. The number of benzene rings is 3. The SMILES string of the molecule is CCCCN1C(CN(Cc2ccc(C(=O)O)cc2)CC2CCCCC2)=C(c2ccc(CC)cc2)NC1c1ccccc1C. The molecule has 1 aliphatic carbocycles. The van der Waals surface area contributed by atoms with Crippen LogP contribution in [0.3, 0.4) is 0 Å². The van der Waals surface area contributed by atoms with Gasteiger partial charge in [-0.2, -0.15) is 0 Å². The minimum Gasteiger partial charge on any atom is -0.478 e. The van der Waals surface area contributed by atoms with Gasteiger partial charge in [-0.15, -0.1) is 0 Å². The van der Waals surface area contributed by atoms with Crippen LogP contribution in [0.2, 0.25) is 0 Å². The Morgan fingerprint density at radius 2 is 1.60 bits per heavy atom. The van der Waals surface area contributed by atoms with Crippen molar-refractivity contribution in [3.63, 3.8) is 0 Å². The van der Waals surface area contributed by atoms with Crippen molar-refractivity contribution in [1.29, 1.82) is 0 Å². The van der Waals surface area contributed by atoms with E-state index in [1.165, 1.54) is 65.8 Å². The highest BCUT2D eigenvalue weighted by Crippen LogP contribution is 2.38. The second-order valence-corrected chi connectivity index (χ2v) is 12.5. The molecule has 1 unspecified atom stereocenters. The number of carboxylic acid groups (broad SMARTS) is 1. The number of carbonyl (C=O) groups is 1. The molecule has 2 N–H and O–H groups in total. The third kappa shape index (κ3) is 7.69. The van der Waals surface area contributed by atoms with Crippen LogP contribution < -0.4 is 5.32 Å². The molecule has 0 radical (unpaired) electrons.